The molecule has 0 amide bonds. The molecule has 3 rings (SSSR count). The van der Waals surface area contributed by atoms with Crippen molar-refractivity contribution in [2.45, 2.75) is 51.6 Å². The van der Waals surface area contributed by atoms with Crippen molar-refractivity contribution in [3.05, 3.63) is 12.4 Å². The van der Waals surface area contributed by atoms with Crippen molar-refractivity contribution < 1.29 is 0 Å². The average molecular weight is 219 g/mol. The van der Waals surface area contributed by atoms with Crippen molar-refractivity contribution in [1.82, 2.24) is 9.55 Å². The van der Waals surface area contributed by atoms with Gasteiger partial charge in [-0.25, -0.2) is 4.98 Å². The molecule has 1 N–H and O–H groups in total. The largest absolute Gasteiger partial charge is 0.353 e. The SMILES string of the molecule is CCCn1ccnc1NC1CC2CCC1C2. The molecule has 1 aromatic heterocycles. The van der Waals surface area contributed by atoms with Gasteiger partial charge in [-0.3, -0.25) is 0 Å². The van der Waals surface area contributed by atoms with E-state index in [0.717, 1.165) is 24.3 Å². The van der Waals surface area contributed by atoms with Crippen LogP contribution in [0.3, 0.4) is 0 Å². The average Bonchev–Trinajstić information content (AvgIpc) is 2.96. The van der Waals surface area contributed by atoms with Crippen LogP contribution >= 0.6 is 0 Å². The van der Waals surface area contributed by atoms with Crippen molar-refractivity contribution >= 4 is 5.95 Å². The Morgan fingerprint density at radius 2 is 2.38 bits per heavy atom. The van der Waals surface area contributed by atoms with Gasteiger partial charge in [0.05, 0.1) is 0 Å². The van der Waals surface area contributed by atoms with E-state index in [-0.39, 0.29) is 0 Å². The third-order valence-corrected chi connectivity index (χ3v) is 4.23. The Balaban J connectivity index is 1.67. The van der Waals surface area contributed by atoms with E-state index in [1.165, 1.54) is 32.1 Å². The Bertz CT molecular complexity index is 358. The Hall–Kier alpha value is -0.990. The Morgan fingerprint density at radius 3 is 3.06 bits per heavy atom. The fourth-order valence-electron chi connectivity index (χ4n) is 3.46. The molecular formula is C13H21N3. The standard InChI is InChI=1S/C13H21N3/c1-2-6-16-7-5-14-13(16)15-12-9-10-3-4-11(12)8-10/h5,7,10-12H,2-4,6,8-9H2,1H3,(H,14,15). The number of nitrogens with zero attached hydrogens (tertiary/aromatic N) is 2. The van der Waals surface area contributed by atoms with Gasteiger partial charge < -0.3 is 9.88 Å². The number of nitrogens with one attached hydrogen (secondary N) is 1. The predicted molar refractivity (Wildman–Crippen MR) is 65.4 cm³/mol. The van der Waals surface area contributed by atoms with Gasteiger partial charge in [-0.2, -0.15) is 0 Å². The second kappa shape index (κ2) is 4.11. The van der Waals surface area contributed by atoms with Crippen LogP contribution in [0.25, 0.3) is 0 Å². The van der Waals surface area contributed by atoms with Crippen LogP contribution in [-0.4, -0.2) is 15.6 Å². The summed E-state index contributed by atoms with van der Waals surface area (Å²) in [4.78, 5) is 4.43. The van der Waals surface area contributed by atoms with Crippen molar-refractivity contribution in [1.29, 1.82) is 0 Å². The molecule has 3 atom stereocenters. The normalized spacial score (nSPS) is 32.2. The monoisotopic (exact) mass is 219 g/mol. The zero-order valence-corrected chi connectivity index (χ0v) is 10.0. The fraction of sp³-hybridized carbons (Fsp3) is 0.769. The van der Waals surface area contributed by atoms with Crippen LogP contribution in [0.5, 0.6) is 0 Å². The van der Waals surface area contributed by atoms with Gasteiger partial charge in [0.2, 0.25) is 5.95 Å². The summed E-state index contributed by atoms with van der Waals surface area (Å²) in [7, 11) is 0. The lowest BCUT2D eigenvalue weighted by molar-refractivity contribution is 0.436. The number of hydrogen-bond acceptors (Lipinski definition) is 2. The number of hydrogen-bond donors (Lipinski definition) is 1. The summed E-state index contributed by atoms with van der Waals surface area (Å²) in [5.41, 5.74) is 0. The molecule has 1 heterocycles. The van der Waals surface area contributed by atoms with Crippen LogP contribution < -0.4 is 5.32 Å². The van der Waals surface area contributed by atoms with Crippen molar-refractivity contribution in [2.24, 2.45) is 11.8 Å². The first-order valence-corrected chi connectivity index (χ1v) is 6.64. The summed E-state index contributed by atoms with van der Waals surface area (Å²) in [6.45, 7) is 3.28. The molecule has 0 radical (unpaired) electrons. The molecule has 3 heteroatoms. The number of anilines is 1. The summed E-state index contributed by atoms with van der Waals surface area (Å²) in [6.07, 6.45) is 10.9. The molecule has 0 spiro atoms. The third kappa shape index (κ3) is 1.72. The van der Waals surface area contributed by atoms with E-state index in [1.54, 1.807) is 0 Å². The molecule has 0 aromatic carbocycles. The molecule has 2 aliphatic carbocycles. The summed E-state index contributed by atoms with van der Waals surface area (Å²) in [5.74, 6) is 2.99. The van der Waals surface area contributed by atoms with Crippen molar-refractivity contribution in [2.75, 3.05) is 5.32 Å². The predicted octanol–water partition coefficient (Wildman–Crippen LogP) is 2.89. The highest BCUT2D eigenvalue weighted by Gasteiger charge is 2.39. The molecule has 1 aromatic rings. The third-order valence-electron chi connectivity index (χ3n) is 4.23. The second-order valence-corrected chi connectivity index (χ2v) is 5.37. The Labute approximate surface area is 97.3 Å². The number of aryl methyl sites for hydroxylation is 1. The molecule has 3 nitrogen and oxygen atoms in total. The van der Waals surface area contributed by atoms with Crippen LogP contribution in [0.1, 0.15) is 39.0 Å². The maximum atomic E-state index is 4.43. The van der Waals surface area contributed by atoms with Crippen molar-refractivity contribution in [3.8, 4) is 0 Å². The number of fused-ring (bicyclic) bond motifs is 2. The van der Waals surface area contributed by atoms with Gasteiger partial charge in [-0.05, 0) is 37.5 Å². The van der Waals surface area contributed by atoms with Crippen LogP contribution in [0.15, 0.2) is 12.4 Å². The quantitative estimate of drug-likeness (QED) is 0.844. The van der Waals surface area contributed by atoms with E-state index in [0.29, 0.717) is 6.04 Å². The fourth-order valence-corrected chi connectivity index (χ4v) is 3.46. The smallest absolute Gasteiger partial charge is 0.202 e. The van der Waals surface area contributed by atoms with Gasteiger partial charge >= 0.3 is 0 Å². The summed E-state index contributed by atoms with van der Waals surface area (Å²) in [5, 5.41) is 3.66. The molecule has 2 bridgehead atoms. The summed E-state index contributed by atoms with van der Waals surface area (Å²) >= 11 is 0. The van der Waals surface area contributed by atoms with E-state index >= 15 is 0 Å². The molecular weight excluding hydrogens is 198 g/mol. The van der Waals surface area contributed by atoms with Crippen LogP contribution in [0.4, 0.5) is 5.95 Å². The zero-order chi connectivity index (χ0) is 11.0. The molecule has 2 aliphatic rings. The lowest BCUT2D eigenvalue weighted by Crippen LogP contribution is -2.27. The zero-order valence-electron chi connectivity index (χ0n) is 10.0. The second-order valence-electron chi connectivity index (χ2n) is 5.37. The molecule has 88 valence electrons. The van der Waals surface area contributed by atoms with E-state index in [2.05, 4.69) is 28.0 Å². The molecule has 0 saturated heterocycles. The maximum absolute atomic E-state index is 4.43. The molecule has 2 fully saturated rings. The minimum absolute atomic E-state index is 0.691. The topological polar surface area (TPSA) is 29.9 Å². The highest BCUT2D eigenvalue weighted by molar-refractivity contribution is 5.29. The minimum Gasteiger partial charge on any atom is -0.353 e. The van der Waals surface area contributed by atoms with Crippen LogP contribution in [0.2, 0.25) is 0 Å². The van der Waals surface area contributed by atoms with Gasteiger partial charge in [0.15, 0.2) is 0 Å². The van der Waals surface area contributed by atoms with E-state index < -0.39 is 0 Å². The highest BCUT2D eigenvalue weighted by Crippen LogP contribution is 2.45. The first-order chi connectivity index (χ1) is 7.86. The van der Waals surface area contributed by atoms with Gasteiger partial charge in [-0.15, -0.1) is 0 Å². The number of rotatable bonds is 4. The maximum Gasteiger partial charge on any atom is 0.202 e. The Morgan fingerprint density at radius 1 is 1.44 bits per heavy atom. The van der Waals surface area contributed by atoms with Gasteiger partial charge in [0, 0.05) is 25.0 Å². The molecule has 2 saturated carbocycles. The van der Waals surface area contributed by atoms with E-state index in [1.807, 2.05) is 6.20 Å². The molecule has 16 heavy (non-hydrogen) atoms. The molecule has 0 aliphatic heterocycles. The summed E-state index contributed by atoms with van der Waals surface area (Å²) in [6, 6.07) is 0.691. The molecule has 3 unspecified atom stereocenters. The number of aromatic nitrogens is 2. The van der Waals surface area contributed by atoms with Crippen LogP contribution in [-0.2, 0) is 6.54 Å². The lowest BCUT2D eigenvalue weighted by Gasteiger charge is -2.23. The lowest BCUT2D eigenvalue weighted by atomic mass is 9.95. The highest BCUT2D eigenvalue weighted by atomic mass is 15.2. The van der Waals surface area contributed by atoms with E-state index in [9.17, 15) is 0 Å². The van der Waals surface area contributed by atoms with Crippen LogP contribution in [0, 0.1) is 11.8 Å². The summed E-state index contributed by atoms with van der Waals surface area (Å²) < 4.78 is 2.24. The van der Waals surface area contributed by atoms with E-state index in [4.69, 9.17) is 0 Å². The first-order valence-electron chi connectivity index (χ1n) is 6.64. The van der Waals surface area contributed by atoms with Crippen molar-refractivity contribution in [3.63, 3.8) is 0 Å². The van der Waals surface area contributed by atoms with Gasteiger partial charge in [0.1, 0.15) is 0 Å². The Kier molecular flexibility index (Phi) is 2.62. The van der Waals surface area contributed by atoms with Gasteiger partial charge in [0.25, 0.3) is 0 Å². The minimum atomic E-state index is 0.691. The number of imidazole rings is 1. The first kappa shape index (κ1) is 10.2. The van der Waals surface area contributed by atoms with Gasteiger partial charge in [-0.1, -0.05) is 13.3 Å².